The van der Waals surface area contributed by atoms with Crippen LogP contribution in [-0.2, 0) is 16.0 Å². The standard InChI is InChI=1S/C30H34N2O5S/c1-20(33)21-11-13-23(14-12-21)32(28(34)19-25-10-7-17-38-25)29(30(35)31-22-8-5-4-6-9-22)26-16-15-24(36-2)18-27(26)37-3/h7,10-18,22,29H,4-6,8-9,19H2,1-3H3,(H,31,35). The SMILES string of the molecule is COc1ccc(C(C(=O)NC2CCCCC2)N(C(=O)Cc2cccs2)c2ccc(C(C)=O)cc2)c(OC)c1. The molecule has 1 aliphatic rings. The Bertz CT molecular complexity index is 1250. The van der Waals surface area contributed by atoms with Crippen molar-refractivity contribution < 1.29 is 23.9 Å². The van der Waals surface area contributed by atoms with Gasteiger partial charge in [0.25, 0.3) is 0 Å². The number of nitrogens with one attached hydrogen (secondary N) is 1. The van der Waals surface area contributed by atoms with Crippen molar-refractivity contribution in [3.8, 4) is 11.5 Å². The second kappa shape index (κ2) is 12.7. The number of ether oxygens (including phenoxy) is 2. The Hall–Kier alpha value is -3.65. The fraction of sp³-hybridized carbons (Fsp3) is 0.367. The zero-order valence-corrected chi connectivity index (χ0v) is 22.9. The van der Waals surface area contributed by atoms with E-state index in [1.807, 2.05) is 17.5 Å². The number of nitrogens with zero attached hydrogens (tertiary/aromatic N) is 1. The average Bonchev–Trinajstić information content (AvgIpc) is 3.45. The van der Waals surface area contributed by atoms with Crippen LogP contribution in [-0.4, -0.2) is 37.9 Å². The van der Waals surface area contributed by atoms with Crippen LogP contribution < -0.4 is 19.7 Å². The van der Waals surface area contributed by atoms with Gasteiger partial charge in [0.1, 0.15) is 17.5 Å². The Morgan fingerprint density at radius 1 is 1.00 bits per heavy atom. The van der Waals surface area contributed by atoms with Crippen LogP contribution in [0.1, 0.15) is 65.9 Å². The monoisotopic (exact) mass is 534 g/mol. The lowest BCUT2D eigenvalue weighted by atomic mass is 9.94. The van der Waals surface area contributed by atoms with Crippen molar-refractivity contribution >= 4 is 34.6 Å². The zero-order valence-electron chi connectivity index (χ0n) is 22.1. The molecule has 0 aliphatic heterocycles. The molecule has 4 rings (SSSR count). The number of hydrogen-bond donors (Lipinski definition) is 1. The molecule has 1 saturated carbocycles. The third kappa shape index (κ3) is 6.42. The van der Waals surface area contributed by atoms with E-state index in [1.54, 1.807) is 49.6 Å². The molecule has 200 valence electrons. The van der Waals surface area contributed by atoms with Crippen molar-refractivity contribution in [3.05, 3.63) is 76.0 Å². The number of methoxy groups -OCH3 is 2. The predicted molar refractivity (Wildman–Crippen MR) is 149 cm³/mol. The van der Waals surface area contributed by atoms with Gasteiger partial charge in [-0.15, -0.1) is 11.3 Å². The maximum absolute atomic E-state index is 14.1. The summed E-state index contributed by atoms with van der Waals surface area (Å²) in [5.41, 5.74) is 1.61. The number of benzene rings is 2. The Morgan fingerprint density at radius 3 is 2.34 bits per heavy atom. The van der Waals surface area contributed by atoms with Crippen LogP contribution >= 0.6 is 11.3 Å². The fourth-order valence-corrected chi connectivity index (χ4v) is 5.61. The minimum atomic E-state index is -0.992. The van der Waals surface area contributed by atoms with Gasteiger partial charge in [-0.05, 0) is 67.6 Å². The molecule has 0 bridgehead atoms. The highest BCUT2D eigenvalue weighted by Crippen LogP contribution is 2.37. The summed E-state index contributed by atoms with van der Waals surface area (Å²) in [5.74, 6) is 0.457. The van der Waals surface area contributed by atoms with Crippen LogP contribution in [0.25, 0.3) is 0 Å². The molecule has 1 aliphatic carbocycles. The molecule has 1 heterocycles. The molecule has 7 nitrogen and oxygen atoms in total. The van der Waals surface area contributed by atoms with Crippen molar-refractivity contribution in [3.63, 3.8) is 0 Å². The summed E-state index contributed by atoms with van der Waals surface area (Å²) in [6, 6.07) is 14.9. The normalized spacial score (nSPS) is 14.4. The number of carbonyl (C=O) groups excluding carboxylic acids is 3. The molecule has 1 N–H and O–H groups in total. The van der Waals surface area contributed by atoms with Crippen LogP contribution in [0, 0.1) is 0 Å². The van der Waals surface area contributed by atoms with Gasteiger partial charge in [0.15, 0.2) is 5.78 Å². The smallest absolute Gasteiger partial charge is 0.248 e. The van der Waals surface area contributed by atoms with Gasteiger partial charge in [0.2, 0.25) is 11.8 Å². The third-order valence-electron chi connectivity index (χ3n) is 6.92. The summed E-state index contributed by atoms with van der Waals surface area (Å²) in [7, 11) is 3.10. The lowest BCUT2D eigenvalue weighted by Gasteiger charge is -2.34. The Morgan fingerprint density at radius 2 is 1.74 bits per heavy atom. The molecule has 2 amide bonds. The summed E-state index contributed by atoms with van der Waals surface area (Å²) in [6.07, 6.45) is 5.25. The van der Waals surface area contributed by atoms with E-state index >= 15 is 0 Å². The van der Waals surface area contributed by atoms with E-state index in [1.165, 1.54) is 30.3 Å². The molecular weight excluding hydrogens is 500 g/mol. The van der Waals surface area contributed by atoms with Gasteiger partial charge in [0.05, 0.1) is 20.6 Å². The molecule has 3 aromatic rings. The van der Waals surface area contributed by atoms with Crippen molar-refractivity contribution in [2.75, 3.05) is 19.1 Å². The Kier molecular flexibility index (Phi) is 9.18. The summed E-state index contributed by atoms with van der Waals surface area (Å²) >= 11 is 1.49. The van der Waals surface area contributed by atoms with Crippen LogP contribution in [0.5, 0.6) is 11.5 Å². The maximum atomic E-state index is 14.1. The number of thiophene rings is 1. The molecule has 1 atom stereocenters. The topological polar surface area (TPSA) is 84.9 Å². The molecule has 2 aromatic carbocycles. The number of Topliss-reactive ketones (excluding diaryl/α,β-unsaturated/α-hetero) is 1. The first-order chi connectivity index (χ1) is 18.4. The minimum Gasteiger partial charge on any atom is -0.497 e. The van der Waals surface area contributed by atoms with Crippen LogP contribution in [0.3, 0.4) is 0 Å². The van der Waals surface area contributed by atoms with E-state index in [0.717, 1.165) is 37.0 Å². The van der Waals surface area contributed by atoms with Gasteiger partial charge in [-0.3, -0.25) is 19.3 Å². The van der Waals surface area contributed by atoms with E-state index < -0.39 is 6.04 Å². The zero-order chi connectivity index (χ0) is 27.1. The number of anilines is 1. The first-order valence-corrected chi connectivity index (χ1v) is 13.8. The van der Waals surface area contributed by atoms with Crippen LogP contribution in [0.15, 0.2) is 60.0 Å². The molecule has 1 fully saturated rings. The molecule has 0 saturated heterocycles. The quantitative estimate of drug-likeness (QED) is 0.336. The van der Waals surface area contributed by atoms with Gasteiger partial charge in [0, 0.05) is 33.8 Å². The Balaban J connectivity index is 1.82. The van der Waals surface area contributed by atoms with Crippen molar-refractivity contribution in [1.82, 2.24) is 5.32 Å². The van der Waals surface area contributed by atoms with Gasteiger partial charge >= 0.3 is 0 Å². The van der Waals surface area contributed by atoms with Crippen molar-refractivity contribution in [1.29, 1.82) is 0 Å². The van der Waals surface area contributed by atoms with Crippen LogP contribution in [0.4, 0.5) is 5.69 Å². The second-order valence-electron chi connectivity index (χ2n) is 9.48. The molecule has 0 spiro atoms. The first-order valence-electron chi connectivity index (χ1n) is 12.9. The lowest BCUT2D eigenvalue weighted by molar-refractivity contribution is -0.127. The maximum Gasteiger partial charge on any atom is 0.248 e. The molecule has 0 radical (unpaired) electrons. The third-order valence-corrected chi connectivity index (χ3v) is 7.80. The molecular formula is C30H34N2O5S. The number of hydrogen-bond acceptors (Lipinski definition) is 6. The lowest BCUT2D eigenvalue weighted by Crippen LogP contribution is -2.47. The van der Waals surface area contributed by atoms with E-state index in [4.69, 9.17) is 9.47 Å². The predicted octanol–water partition coefficient (Wildman–Crippen LogP) is 5.73. The summed E-state index contributed by atoms with van der Waals surface area (Å²) in [6.45, 7) is 1.50. The summed E-state index contributed by atoms with van der Waals surface area (Å²) in [5, 5.41) is 5.14. The fourth-order valence-electron chi connectivity index (χ4n) is 4.91. The molecule has 1 unspecified atom stereocenters. The number of amides is 2. The van der Waals surface area contributed by atoms with E-state index in [-0.39, 0.29) is 30.1 Å². The van der Waals surface area contributed by atoms with Crippen LogP contribution in [0.2, 0.25) is 0 Å². The second-order valence-corrected chi connectivity index (χ2v) is 10.5. The van der Waals surface area contributed by atoms with E-state index in [2.05, 4.69) is 5.32 Å². The van der Waals surface area contributed by atoms with E-state index in [9.17, 15) is 14.4 Å². The first kappa shape index (κ1) is 27.4. The molecule has 38 heavy (non-hydrogen) atoms. The summed E-state index contributed by atoms with van der Waals surface area (Å²) < 4.78 is 11.1. The van der Waals surface area contributed by atoms with E-state index in [0.29, 0.717) is 28.3 Å². The van der Waals surface area contributed by atoms with Gasteiger partial charge in [-0.1, -0.05) is 25.3 Å². The van der Waals surface area contributed by atoms with Crippen molar-refractivity contribution in [2.24, 2.45) is 0 Å². The number of carbonyl (C=O) groups is 3. The van der Waals surface area contributed by atoms with Gasteiger partial charge < -0.3 is 14.8 Å². The molecule has 8 heteroatoms. The van der Waals surface area contributed by atoms with Gasteiger partial charge in [-0.25, -0.2) is 0 Å². The highest BCUT2D eigenvalue weighted by Gasteiger charge is 2.36. The Labute approximate surface area is 227 Å². The number of rotatable bonds is 10. The largest absolute Gasteiger partial charge is 0.497 e. The average molecular weight is 535 g/mol. The highest BCUT2D eigenvalue weighted by atomic mass is 32.1. The van der Waals surface area contributed by atoms with Crippen molar-refractivity contribution in [2.45, 2.75) is 57.5 Å². The number of ketones is 1. The van der Waals surface area contributed by atoms with Gasteiger partial charge in [-0.2, -0.15) is 0 Å². The minimum absolute atomic E-state index is 0.0531. The summed E-state index contributed by atoms with van der Waals surface area (Å²) in [4.78, 5) is 42.4. The molecule has 1 aromatic heterocycles. The highest BCUT2D eigenvalue weighted by molar-refractivity contribution is 7.10.